The summed E-state index contributed by atoms with van der Waals surface area (Å²) in [7, 11) is -3.79. The molecule has 0 atom stereocenters. The van der Waals surface area contributed by atoms with E-state index in [1.807, 2.05) is 6.92 Å². The summed E-state index contributed by atoms with van der Waals surface area (Å²) in [6.45, 7) is 4.00. The van der Waals surface area contributed by atoms with Crippen molar-refractivity contribution < 1.29 is 13.2 Å². The smallest absolute Gasteiger partial charge is 0.276 e. The van der Waals surface area contributed by atoms with Gasteiger partial charge in [0.05, 0.1) is 17.2 Å². The first-order valence-electron chi connectivity index (χ1n) is 7.08. The lowest BCUT2D eigenvalue weighted by Gasteiger charge is -2.08. The average Bonchev–Trinajstić information content (AvgIpc) is 2.56. The second-order valence-electron chi connectivity index (χ2n) is 4.82. The van der Waals surface area contributed by atoms with Crippen LogP contribution in [0.4, 0.5) is 0 Å². The Morgan fingerprint density at radius 2 is 1.83 bits per heavy atom. The van der Waals surface area contributed by atoms with Crippen molar-refractivity contribution in [1.29, 1.82) is 0 Å². The second-order valence-corrected chi connectivity index (χ2v) is 7.33. The molecule has 0 fully saturated rings. The van der Waals surface area contributed by atoms with Crippen molar-refractivity contribution >= 4 is 38.9 Å². The minimum Gasteiger partial charge on any atom is -0.494 e. The van der Waals surface area contributed by atoms with Gasteiger partial charge in [-0.05, 0) is 56.3 Å². The third-order valence-corrected chi connectivity index (χ3v) is 4.89. The fourth-order valence-electron chi connectivity index (χ4n) is 1.90. The van der Waals surface area contributed by atoms with Crippen LogP contribution in [0.2, 0.25) is 10.0 Å². The second kappa shape index (κ2) is 7.88. The van der Waals surface area contributed by atoms with Gasteiger partial charge in [-0.25, -0.2) is 0 Å². The highest BCUT2D eigenvalue weighted by Gasteiger charge is 2.14. The molecule has 0 saturated carbocycles. The lowest BCUT2D eigenvalue weighted by Crippen LogP contribution is -2.20. The summed E-state index contributed by atoms with van der Waals surface area (Å²) in [4.78, 5) is 2.27. The van der Waals surface area contributed by atoms with Gasteiger partial charge >= 0.3 is 0 Å². The van der Waals surface area contributed by atoms with Crippen LogP contribution >= 0.6 is 23.2 Å². The molecule has 2 rings (SSSR count). The molecule has 0 heterocycles. The van der Waals surface area contributed by atoms with Crippen LogP contribution in [-0.4, -0.2) is 20.7 Å². The first kappa shape index (κ1) is 18.6. The van der Waals surface area contributed by atoms with E-state index < -0.39 is 10.0 Å². The number of sulfonamides is 1. The molecule has 0 amide bonds. The lowest BCUT2D eigenvalue weighted by atomic mass is 10.1. The summed E-state index contributed by atoms with van der Waals surface area (Å²) in [5.41, 5.74) is 0.954. The van der Waals surface area contributed by atoms with Crippen molar-refractivity contribution in [2.24, 2.45) is 5.10 Å². The summed E-state index contributed by atoms with van der Waals surface area (Å²) in [5, 5.41) is 4.82. The van der Waals surface area contributed by atoms with Gasteiger partial charge < -0.3 is 4.74 Å². The first-order chi connectivity index (χ1) is 11.3. The third kappa shape index (κ3) is 4.63. The van der Waals surface area contributed by atoms with Gasteiger partial charge in [0.2, 0.25) is 0 Å². The van der Waals surface area contributed by atoms with E-state index in [9.17, 15) is 8.42 Å². The Bertz CT molecular complexity index is 850. The molecular formula is C16H16Cl2N2O3S. The van der Waals surface area contributed by atoms with Crippen molar-refractivity contribution in [2.75, 3.05) is 6.61 Å². The van der Waals surface area contributed by atoms with Crippen LogP contribution in [-0.2, 0) is 10.0 Å². The zero-order chi connectivity index (χ0) is 17.7. The molecule has 0 spiro atoms. The molecule has 24 heavy (non-hydrogen) atoms. The Morgan fingerprint density at radius 1 is 1.17 bits per heavy atom. The molecule has 0 bridgehead atoms. The fourth-order valence-corrected chi connectivity index (χ4v) is 3.18. The fraction of sp³-hybridized carbons (Fsp3) is 0.188. The SMILES string of the molecule is CCOc1ccc(S(=O)(=O)NN=C(C)c2cc(Cl)ccc2Cl)cc1. The summed E-state index contributed by atoms with van der Waals surface area (Å²) in [5.74, 6) is 0.599. The molecule has 0 saturated heterocycles. The Labute approximate surface area is 151 Å². The summed E-state index contributed by atoms with van der Waals surface area (Å²) >= 11 is 12.0. The maximum absolute atomic E-state index is 12.3. The molecule has 2 aromatic carbocycles. The number of rotatable bonds is 6. The van der Waals surface area contributed by atoms with Crippen molar-refractivity contribution in [2.45, 2.75) is 18.7 Å². The molecule has 0 aliphatic rings. The largest absolute Gasteiger partial charge is 0.494 e. The van der Waals surface area contributed by atoms with Gasteiger partial charge in [-0.2, -0.15) is 18.4 Å². The normalized spacial score (nSPS) is 12.1. The van der Waals surface area contributed by atoms with E-state index >= 15 is 0 Å². The van der Waals surface area contributed by atoms with E-state index in [0.717, 1.165) is 0 Å². The predicted octanol–water partition coefficient (Wildman–Crippen LogP) is 4.09. The number of nitrogens with one attached hydrogen (secondary N) is 1. The van der Waals surface area contributed by atoms with E-state index in [1.165, 1.54) is 12.1 Å². The monoisotopic (exact) mass is 386 g/mol. The molecule has 1 N–H and O–H groups in total. The van der Waals surface area contributed by atoms with E-state index in [2.05, 4.69) is 9.93 Å². The molecule has 5 nitrogen and oxygen atoms in total. The van der Waals surface area contributed by atoms with E-state index in [-0.39, 0.29) is 4.90 Å². The minimum atomic E-state index is -3.79. The van der Waals surface area contributed by atoms with Gasteiger partial charge in [0.1, 0.15) is 5.75 Å². The van der Waals surface area contributed by atoms with Crippen molar-refractivity contribution in [1.82, 2.24) is 4.83 Å². The number of nitrogens with zero attached hydrogens (tertiary/aromatic N) is 1. The number of ether oxygens (including phenoxy) is 1. The quantitative estimate of drug-likeness (QED) is 0.600. The molecule has 128 valence electrons. The number of hydrazone groups is 1. The van der Waals surface area contributed by atoms with Gasteiger partial charge in [0.15, 0.2) is 0 Å². The highest BCUT2D eigenvalue weighted by molar-refractivity contribution is 7.89. The van der Waals surface area contributed by atoms with Crippen LogP contribution < -0.4 is 9.57 Å². The van der Waals surface area contributed by atoms with E-state index in [4.69, 9.17) is 27.9 Å². The summed E-state index contributed by atoms with van der Waals surface area (Å²) < 4.78 is 29.8. The van der Waals surface area contributed by atoms with Gasteiger partial charge in [0, 0.05) is 15.6 Å². The van der Waals surface area contributed by atoms with Gasteiger partial charge in [0.25, 0.3) is 10.0 Å². The Balaban J connectivity index is 2.20. The minimum absolute atomic E-state index is 0.0831. The van der Waals surface area contributed by atoms with Crippen molar-refractivity contribution in [3.63, 3.8) is 0 Å². The molecular weight excluding hydrogens is 371 g/mol. The van der Waals surface area contributed by atoms with Crippen LogP contribution in [0.5, 0.6) is 5.75 Å². The Kier molecular flexibility index (Phi) is 6.10. The number of halogens is 2. The molecule has 0 aliphatic heterocycles. The van der Waals surface area contributed by atoms with Gasteiger partial charge in [-0.1, -0.05) is 23.2 Å². The van der Waals surface area contributed by atoms with Crippen LogP contribution in [0.25, 0.3) is 0 Å². The molecule has 8 heteroatoms. The number of hydrogen-bond donors (Lipinski definition) is 1. The van der Waals surface area contributed by atoms with Crippen LogP contribution in [0.3, 0.4) is 0 Å². The predicted molar refractivity (Wildman–Crippen MR) is 96.6 cm³/mol. The average molecular weight is 387 g/mol. The standard InChI is InChI=1S/C16H16Cl2N2O3S/c1-3-23-13-5-7-14(8-6-13)24(21,22)20-19-11(2)15-10-12(17)4-9-16(15)18/h4-10,20H,3H2,1-2H3. The number of hydrogen-bond acceptors (Lipinski definition) is 4. The molecule has 0 aromatic heterocycles. The zero-order valence-corrected chi connectivity index (χ0v) is 15.4. The van der Waals surface area contributed by atoms with Crippen LogP contribution in [0.15, 0.2) is 52.5 Å². The number of benzene rings is 2. The van der Waals surface area contributed by atoms with Gasteiger partial charge in [-0.3, -0.25) is 0 Å². The Morgan fingerprint density at radius 3 is 2.46 bits per heavy atom. The topological polar surface area (TPSA) is 67.8 Å². The third-order valence-electron chi connectivity index (χ3n) is 3.10. The van der Waals surface area contributed by atoms with Gasteiger partial charge in [-0.15, -0.1) is 0 Å². The molecule has 0 unspecified atom stereocenters. The van der Waals surface area contributed by atoms with Crippen LogP contribution in [0.1, 0.15) is 19.4 Å². The maximum Gasteiger partial charge on any atom is 0.276 e. The zero-order valence-electron chi connectivity index (χ0n) is 13.1. The molecule has 2 aromatic rings. The highest BCUT2D eigenvalue weighted by atomic mass is 35.5. The van der Waals surface area contributed by atoms with Crippen molar-refractivity contribution in [3.05, 3.63) is 58.1 Å². The molecule has 0 aliphatic carbocycles. The Hall–Kier alpha value is -1.76. The summed E-state index contributed by atoms with van der Waals surface area (Å²) in [6, 6.07) is 11.0. The van der Waals surface area contributed by atoms with Crippen LogP contribution in [0, 0.1) is 0 Å². The first-order valence-corrected chi connectivity index (χ1v) is 9.32. The lowest BCUT2D eigenvalue weighted by molar-refractivity contribution is 0.340. The molecule has 0 radical (unpaired) electrons. The maximum atomic E-state index is 12.3. The van der Waals surface area contributed by atoms with E-state index in [0.29, 0.717) is 33.7 Å². The summed E-state index contributed by atoms with van der Waals surface area (Å²) in [6.07, 6.45) is 0. The van der Waals surface area contributed by atoms with E-state index in [1.54, 1.807) is 37.3 Å². The van der Waals surface area contributed by atoms with Crippen molar-refractivity contribution in [3.8, 4) is 5.75 Å². The highest BCUT2D eigenvalue weighted by Crippen LogP contribution is 2.21.